The SMILES string of the molecule is O=C(O)c1ccc(-c2ccccc2CO)o1. The first-order chi connectivity index (χ1) is 7.72. The molecule has 82 valence electrons. The molecular formula is C12H10O4. The molecule has 0 aliphatic carbocycles. The van der Waals surface area contributed by atoms with Gasteiger partial charge in [0.05, 0.1) is 6.61 Å². The van der Waals surface area contributed by atoms with Crippen LogP contribution in [0.25, 0.3) is 11.3 Å². The molecule has 2 aromatic rings. The molecule has 4 nitrogen and oxygen atoms in total. The minimum atomic E-state index is -1.10. The van der Waals surface area contributed by atoms with Gasteiger partial charge in [0.2, 0.25) is 5.76 Å². The molecule has 0 aliphatic rings. The molecular weight excluding hydrogens is 208 g/mol. The Morgan fingerprint density at radius 2 is 1.94 bits per heavy atom. The van der Waals surface area contributed by atoms with Crippen molar-refractivity contribution in [1.29, 1.82) is 0 Å². The van der Waals surface area contributed by atoms with Gasteiger partial charge in [-0.3, -0.25) is 0 Å². The van der Waals surface area contributed by atoms with Crippen molar-refractivity contribution in [3.63, 3.8) is 0 Å². The summed E-state index contributed by atoms with van der Waals surface area (Å²) >= 11 is 0. The average molecular weight is 218 g/mol. The van der Waals surface area contributed by atoms with Crippen LogP contribution in [0.2, 0.25) is 0 Å². The number of carboxylic acid groups (broad SMARTS) is 1. The van der Waals surface area contributed by atoms with Gasteiger partial charge < -0.3 is 14.6 Å². The largest absolute Gasteiger partial charge is 0.475 e. The highest BCUT2D eigenvalue weighted by atomic mass is 16.4. The third-order valence-electron chi connectivity index (χ3n) is 2.27. The van der Waals surface area contributed by atoms with E-state index in [0.717, 1.165) is 0 Å². The molecule has 0 saturated carbocycles. The maximum absolute atomic E-state index is 10.7. The Morgan fingerprint density at radius 1 is 1.19 bits per heavy atom. The molecule has 0 amide bonds. The van der Waals surface area contributed by atoms with Gasteiger partial charge in [0.1, 0.15) is 5.76 Å². The standard InChI is InChI=1S/C12H10O4/c13-7-8-3-1-2-4-9(8)10-5-6-11(16-10)12(14)15/h1-6,13H,7H2,(H,14,15). The van der Waals surface area contributed by atoms with E-state index in [2.05, 4.69) is 0 Å². The molecule has 0 fully saturated rings. The molecule has 2 rings (SSSR count). The molecule has 0 aliphatic heterocycles. The molecule has 0 spiro atoms. The van der Waals surface area contributed by atoms with Crippen LogP contribution in [-0.2, 0) is 6.61 Å². The van der Waals surface area contributed by atoms with Crippen molar-refractivity contribution >= 4 is 5.97 Å². The summed E-state index contributed by atoms with van der Waals surface area (Å²) in [6.07, 6.45) is 0. The number of benzene rings is 1. The minimum absolute atomic E-state index is 0.109. The number of aliphatic hydroxyl groups is 1. The van der Waals surface area contributed by atoms with Crippen molar-refractivity contribution in [2.24, 2.45) is 0 Å². The number of furan rings is 1. The van der Waals surface area contributed by atoms with E-state index in [4.69, 9.17) is 14.6 Å². The van der Waals surface area contributed by atoms with Crippen LogP contribution in [0.15, 0.2) is 40.8 Å². The predicted molar refractivity (Wildman–Crippen MR) is 57.0 cm³/mol. The molecule has 0 saturated heterocycles. The van der Waals surface area contributed by atoms with E-state index >= 15 is 0 Å². The number of hydrogen-bond donors (Lipinski definition) is 2. The summed E-state index contributed by atoms with van der Waals surface area (Å²) in [4.78, 5) is 10.7. The third kappa shape index (κ3) is 1.83. The van der Waals surface area contributed by atoms with Crippen molar-refractivity contribution in [3.8, 4) is 11.3 Å². The van der Waals surface area contributed by atoms with Crippen LogP contribution in [0.4, 0.5) is 0 Å². The number of aromatic carboxylic acids is 1. The van der Waals surface area contributed by atoms with Crippen LogP contribution in [0.5, 0.6) is 0 Å². The van der Waals surface area contributed by atoms with E-state index in [9.17, 15) is 4.79 Å². The van der Waals surface area contributed by atoms with Gasteiger partial charge in [0, 0.05) is 5.56 Å². The van der Waals surface area contributed by atoms with Gasteiger partial charge in [-0.2, -0.15) is 0 Å². The Hall–Kier alpha value is -2.07. The van der Waals surface area contributed by atoms with E-state index in [0.29, 0.717) is 16.9 Å². The van der Waals surface area contributed by atoms with E-state index in [1.54, 1.807) is 30.3 Å². The summed E-state index contributed by atoms with van der Waals surface area (Å²) in [6.45, 7) is -0.112. The Bertz CT molecular complexity index is 513. The topological polar surface area (TPSA) is 70.7 Å². The average Bonchev–Trinajstić information content (AvgIpc) is 2.78. The summed E-state index contributed by atoms with van der Waals surface area (Å²) < 4.78 is 5.16. The van der Waals surface area contributed by atoms with Gasteiger partial charge in [0.15, 0.2) is 0 Å². The Kier molecular flexibility index (Phi) is 2.74. The Morgan fingerprint density at radius 3 is 2.56 bits per heavy atom. The highest BCUT2D eigenvalue weighted by Gasteiger charge is 2.12. The van der Waals surface area contributed by atoms with Crippen LogP contribution >= 0.6 is 0 Å². The zero-order chi connectivity index (χ0) is 11.5. The van der Waals surface area contributed by atoms with Gasteiger partial charge in [-0.05, 0) is 17.7 Å². The van der Waals surface area contributed by atoms with E-state index in [1.165, 1.54) is 6.07 Å². The maximum atomic E-state index is 10.7. The monoisotopic (exact) mass is 218 g/mol. The van der Waals surface area contributed by atoms with Gasteiger partial charge in [0.25, 0.3) is 0 Å². The highest BCUT2D eigenvalue weighted by Crippen LogP contribution is 2.25. The number of hydrogen-bond acceptors (Lipinski definition) is 3. The van der Waals surface area contributed by atoms with Crippen molar-refractivity contribution in [1.82, 2.24) is 0 Å². The van der Waals surface area contributed by atoms with E-state index in [-0.39, 0.29) is 12.4 Å². The number of carbonyl (C=O) groups is 1. The molecule has 16 heavy (non-hydrogen) atoms. The van der Waals surface area contributed by atoms with Crippen molar-refractivity contribution in [3.05, 3.63) is 47.7 Å². The Labute approximate surface area is 91.8 Å². The maximum Gasteiger partial charge on any atom is 0.371 e. The van der Waals surface area contributed by atoms with Crippen LogP contribution in [-0.4, -0.2) is 16.2 Å². The van der Waals surface area contributed by atoms with Crippen molar-refractivity contribution in [2.75, 3.05) is 0 Å². The summed E-state index contributed by atoms with van der Waals surface area (Å²) in [7, 11) is 0. The highest BCUT2D eigenvalue weighted by molar-refractivity contribution is 5.85. The lowest BCUT2D eigenvalue weighted by atomic mass is 10.1. The zero-order valence-corrected chi connectivity index (χ0v) is 8.38. The quantitative estimate of drug-likeness (QED) is 0.827. The molecule has 0 bridgehead atoms. The van der Waals surface area contributed by atoms with Crippen molar-refractivity contribution < 1.29 is 19.4 Å². The number of aliphatic hydroxyl groups excluding tert-OH is 1. The van der Waals surface area contributed by atoms with Crippen molar-refractivity contribution in [2.45, 2.75) is 6.61 Å². The van der Waals surface area contributed by atoms with Gasteiger partial charge in [-0.1, -0.05) is 24.3 Å². The molecule has 1 aromatic carbocycles. The summed E-state index contributed by atoms with van der Waals surface area (Å²) in [6, 6.07) is 10.1. The fourth-order valence-electron chi connectivity index (χ4n) is 1.50. The molecule has 4 heteroatoms. The second kappa shape index (κ2) is 4.20. The lowest BCUT2D eigenvalue weighted by molar-refractivity contribution is 0.0663. The first kappa shape index (κ1) is 10.4. The third-order valence-corrected chi connectivity index (χ3v) is 2.27. The molecule has 0 atom stereocenters. The predicted octanol–water partition coefficient (Wildman–Crippen LogP) is 2.14. The lowest BCUT2D eigenvalue weighted by Gasteiger charge is -2.03. The number of rotatable bonds is 3. The molecule has 0 unspecified atom stereocenters. The fraction of sp³-hybridized carbons (Fsp3) is 0.0833. The van der Waals surface area contributed by atoms with E-state index in [1.807, 2.05) is 0 Å². The van der Waals surface area contributed by atoms with Gasteiger partial charge >= 0.3 is 5.97 Å². The van der Waals surface area contributed by atoms with Crippen LogP contribution in [0.3, 0.4) is 0 Å². The summed E-state index contributed by atoms with van der Waals surface area (Å²) in [5.41, 5.74) is 1.41. The number of carboxylic acids is 1. The second-order valence-corrected chi connectivity index (χ2v) is 3.28. The lowest BCUT2D eigenvalue weighted by Crippen LogP contribution is -1.92. The fourth-order valence-corrected chi connectivity index (χ4v) is 1.50. The van der Waals surface area contributed by atoms with Gasteiger partial charge in [-0.15, -0.1) is 0 Å². The Balaban J connectivity index is 2.46. The second-order valence-electron chi connectivity index (χ2n) is 3.28. The first-order valence-corrected chi connectivity index (χ1v) is 4.74. The molecule has 1 heterocycles. The van der Waals surface area contributed by atoms with E-state index < -0.39 is 5.97 Å². The summed E-state index contributed by atoms with van der Waals surface area (Å²) in [5, 5.41) is 17.9. The summed E-state index contributed by atoms with van der Waals surface area (Å²) in [5.74, 6) is -0.766. The zero-order valence-electron chi connectivity index (χ0n) is 8.38. The first-order valence-electron chi connectivity index (χ1n) is 4.74. The van der Waals surface area contributed by atoms with Gasteiger partial charge in [-0.25, -0.2) is 4.79 Å². The van der Waals surface area contributed by atoms with Crippen LogP contribution in [0, 0.1) is 0 Å². The molecule has 0 radical (unpaired) electrons. The minimum Gasteiger partial charge on any atom is -0.475 e. The smallest absolute Gasteiger partial charge is 0.371 e. The molecule has 2 N–H and O–H groups in total. The molecule has 1 aromatic heterocycles. The normalized spacial score (nSPS) is 10.3. The van der Waals surface area contributed by atoms with Crippen LogP contribution < -0.4 is 0 Å². The van der Waals surface area contributed by atoms with Crippen LogP contribution in [0.1, 0.15) is 16.1 Å².